The number of ether oxygens (including phenoxy) is 2. The largest absolute Gasteiger partial charge is 0.490 e. The number of nitrogens with zero attached hydrogens (tertiary/aromatic N) is 1. The van der Waals surface area contributed by atoms with Crippen molar-refractivity contribution in [3.05, 3.63) is 64.7 Å². The van der Waals surface area contributed by atoms with Gasteiger partial charge in [-0.05, 0) is 67.9 Å². The van der Waals surface area contributed by atoms with Gasteiger partial charge in [0.05, 0.1) is 5.41 Å². The summed E-state index contributed by atoms with van der Waals surface area (Å²) in [5, 5.41) is 0.700. The molecule has 1 fully saturated rings. The number of esters is 1. The number of fused-ring (bicyclic) bond motifs is 1. The summed E-state index contributed by atoms with van der Waals surface area (Å²) in [5.41, 5.74) is 1.82. The number of piperidine rings is 1. The molecule has 6 heteroatoms. The molecule has 1 saturated heterocycles. The van der Waals surface area contributed by atoms with Crippen LogP contribution in [0, 0.1) is 5.41 Å². The lowest BCUT2D eigenvalue weighted by Crippen LogP contribution is -2.47. The molecule has 2 aromatic rings. The van der Waals surface area contributed by atoms with E-state index in [-0.39, 0.29) is 18.5 Å². The van der Waals surface area contributed by atoms with Crippen molar-refractivity contribution in [3.8, 4) is 5.75 Å². The molecular formula is C27H32ClNO4. The summed E-state index contributed by atoms with van der Waals surface area (Å²) in [7, 11) is 0. The predicted molar refractivity (Wildman–Crippen MR) is 128 cm³/mol. The van der Waals surface area contributed by atoms with E-state index >= 15 is 0 Å². The summed E-state index contributed by atoms with van der Waals surface area (Å²) in [4.78, 5) is 27.8. The molecule has 1 amide bonds. The first kappa shape index (κ1) is 23.6. The van der Waals surface area contributed by atoms with Gasteiger partial charge in [-0.1, -0.05) is 48.4 Å². The van der Waals surface area contributed by atoms with E-state index in [2.05, 4.69) is 6.07 Å². The van der Waals surface area contributed by atoms with E-state index in [1.54, 1.807) is 0 Å². The molecule has 0 aliphatic carbocycles. The highest BCUT2D eigenvalue weighted by Gasteiger charge is 2.43. The van der Waals surface area contributed by atoms with Gasteiger partial charge in [-0.15, -0.1) is 0 Å². The highest BCUT2D eigenvalue weighted by Crippen LogP contribution is 2.39. The van der Waals surface area contributed by atoms with Crippen LogP contribution in [0.3, 0.4) is 0 Å². The van der Waals surface area contributed by atoms with E-state index < -0.39 is 5.41 Å². The Labute approximate surface area is 201 Å². The van der Waals surface area contributed by atoms with Gasteiger partial charge in [-0.25, -0.2) is 0 Å². The number of rotatable bonds is 3. The van der Waals surface area contributed by atoms with Crippen molar-refractivity contribution in [2.24, 2.45) is 5.41 Å². The molecule has 1 spiro atoms. The second-order valence-corrected chi connectivity index (χ2v) is 9.52. The normalized spacial score (nSPS) is 18.9. The van der Waals surface area contributed by atoms with Gasteiger partial charge in [0, 0.05) is 24.5 Å². The number of benzene rings is 2. The number of hydrogen-bond donors (Lipinski definition) is 0. The SMILES string of the molecule is O=C(CCc1ccc(Cl)cc1)N1CCC2(CCCCc3ccccc3OCCOC2=O)CC1. The van der Waals surface area contributed by atoms with Crippen LogP contribution in [-0.2, 0) is 27.2 Å². The Balaban J connectivity index is 1.32. The van der Waals surface area contributed by atoms with Gasteiger partial charge in [0.25, 0.3) is 0 Å². The molecule has 5 nitrogen and oxygen atoms in total. The molecule has 2 heterocycles. The smallest absolute Gasteiger partial charge is 0.312 e. The lowest BCUT2D eigenvalue weighted by atomic mass is 9.74. The van der Waals surface area contributed by atoms with Crippen molar-refractivity contribution in [2.75, 3.05) is 26.3 Å². The van der Waals surface area contributed by atoms with Gasteiger partial charge in [-0.3, -0.25) is 9.59 Å². The van der Waals surface area contributed by atoms with E-state index in [4.69, 9.17) is 21.1 Å². The number of amides is 1. The van der Waals surface area contributed by atoms with Crippen molar-refractivity contribution in [3.63, 3.8) is 0 Å². The maximum atomic E-state index is 13.1. The molecule has 0 radical (unpaired) electrons. The Kier molecular flexibility index (Phi) is 7.92. The first-order chi connectivity index (χ1) is 16.1. The molecule has 2 aliphatic heterocycles. The minimum atomic E-state index is -0.494. The van der Waals surface area contributed by atoms with Crippen molar-refractivity contribution >= 4 is 23.5 Å². The fraction of sp³-hybridized carbons (Fsp3) is 0.481. The number of para-hydroxylation sites is 1. The van der Waals surface area contributed by atoms with Crippen molar-refractivity contribution in [1.29, 1.82) is 0 Å². The third-order valence-electron chi connectivity index (χ3n) is 6.95. The van der Waals surface area contributed by atoms with Gasteiger partial charge in [0.2, 0.25) is 5.91 Å². The van der Waals surface area contributed by atoms with E-state index in [9.17, 15) is 9.59 Å². The minimum absolute atomic E-state index is 0.131. The monoisotopic (exact) mass is 469 g/mol. The standard InChI is InChI=1S/C27H32ClNO4/c28-23-11-8-21(9-12-23)10-13-25(30)29-17-15-27(16-18-29)14-4-3-6-22-5-1-2-7-24(22)32-19-20-33-26(27)31/h1-2,5,7-9,11-12H,3-4,6,10,13-20H2. The maximum absolute atomic E-state index is 13.1. The summed E-state index contributed by atoms with van der Waals surface area (Å²) >= 11 is 5.94. The summed E-state index contributed by atoms with van der Waals surface area (Å²) < 4.78 is 11.5. The van der Waals surface area contributed by atoms with Crippen LogP contribution >= 0.6 is 11.6 Å². The second-order valence-electron chi connectivity index (χ2n) is 9.09. The molecule has 2 aliphatic rings. The van der Waals surface area contributed by atoms with Crippen LogP contribution < -0.4 is 4.74 Å². The lowest BCUT2D eigenvalue weighted by Gasteiger charge is -2.40. The fourth-order valence-electron chi connectivity index (χ4n) is 4.87. The first-order valence-corrected chi connectivity index (χ1v) is 12.3. The summed E-state index contributed by atoms with van der Waals surface area (Å²) in [6.45, 7) is 1.81. The van der Waals surface area contributed by atoms with Crippen molar-refractivity contribution < 1.29 is 19.1 Å². The first-order valence-electron chi connectivity index (χ1n) is 12.0. The molecule has 0 unspecified atom stereocenters. The van der Waals surface area contributed by atoms with Crippen molar-refractivity contribution in [2.45, 2.75) is 51.4 Å². The number of halogens is 1. The quantitative estimate of drug-likeness (QED) is 0.577. The fourth-order valence-corrected chi connectivity index (χ4v) is 5.00. The van der Waals surface area contributed by atoms with Gasteiger partial charge < -0.3 is 14.4 Å². The number of hydrogen-bond acceptors (Lipinski definition) is 4. The van der Waals surface area contributed by atoms with Crippen LogP contribution in [0.1, 0.15) is 49.7 Å². The Morgan fingerprint density at radius 3 is 2.45 bits per heavy atom. The molecule has 0 bridgehead atoms. The molecule has 0 N–H and O–H groups in total. The molecule has 0 saturated carbocycles. The Bertz CT molecular complexity index is 951. The average Bonchev–Trinajstić information content (AvgIpc) is 2.84. The number of aryl methyl sites for hydroxylation is 2. The van der Waals surface area contributed by atoms with E-state index in [0.29, 0.717) is 50.4 Å². The van der Waals surface area contributed by atoms with Crippen LogP contribution in [0.4, 0.5) is 0 Å². The molecule has 0 atom stereocenters. The van der Waals surface area contributed by atoms with Crippen LogP contribution in [0.15, 0.2) is 48.5 Å². The van der Waals surface area contributed by atoms with Gasteiger partial charge >= 0.3 is 5.97 Å². The Hall–Kier alpha value is -2.53. The minimum Gasteiger partial charge on any atom is -0.490 e. The second kappa shape index (κ2) is 11.1. The highest BCUT2D eigenvalue weighted by atomic mass is 35.5. The van der Waals surface area contributed by atoms with Crippen LogP contribution in [0.2, 0.25) is 5.02 Å². The highest BCUT2D eigenvalue weighted by molar-refractivity contribution is 6.30. The zero-order valence-electron chi connectivity index (χ0n) is 19.1. The van der Waals surface area contributed by atoms with E-state index in [0.717, 1.165) is 37.0 Å². The zero-order chi connectivity index (χ0) is 23.1. The van der Waals surface area contributed by atoms with E-state index in [1.807, 2.05) is 47.4 Å². The molecule has 0 aromatic heterocycles. The van der Waals surface area contributed by atoms with Crippen LogP contribution in [-0.4, -0.2) is 43.1 Å². The van der Waals surface area contributed by atoms with Crippen LogP contribution in [0.5, 0.6) is 5.75 Å². The Morgan fingerprint density at radius 2 is 1.67 bits per heavy atom. The molecule has 2 aromatic carbocycles. The van der Waals surface area contributed by atoms with Gasteiger partial charge in [0.1, 0.15) is 19.0 Å². The van der Waals surface area contributed by atoms with E-state index in [1.165, 1.54) is 5.56 Å². The predicted octanol–water partition coefficient (Wildman–Crippen LogP) is 5.23. The number of carbonyl (C=O) groups excluding carboxylic acids is 2. The Morgan fingerprint density at radius 1 is 0.939 bits per heavy atom. The maximum Gasteiger partial charge on any atom is 0.312 e. The molecular weight excluding hydrogens is 438 g/mol. The summed E-state index contributed by atoms with van der Waals surface area (Å²) in [6, 6.07) is 15.7. The summed E-state index contributed by atoms with van der Waals surface area (Å²) in [5.74, 6) is 0.897. The number of carbonyl (C=O) groups is 2. The molecule has 176 valence electrons. The van der Waals surface area contributed by atoms with Crippen LogP contribution in [0.25, 0.3) is 0 Å². The average molecular weight is 470 g/mol. The lowest BCUT2D eigenvalue weighted by molar-refractivity contribution is -0.162. The molecule has 33 heavy (non-hydrogen) atoms. The number of likely N-dealkylation sites (tertiary alicyclic amines) is 1. The summed E-state index contributed by atoms with van der Waals surface area (Å²) in [6.07, 6.45) is 6.19. The number of cyclic esters (lactones) is 1. The zero-order valence-corrected chi connectivity index (χ0v) is 19.8. The third-order valence-corrected chi connectivity index (χ3v) is 7.20. The van der Waals surface area contributed by atoms with Gasteiger partial charge in [0.15, 0.2) is 0 Å². The molecule has 4 rings (SSSR count). The van der Waals surface area contributed by atoms with Crippen molar-refractivity contribution in [1.82, 2.24) is 4.90 Å². The topological polar surface area (TPSA) is 55.8 Å². The third kappa shape index (κ3) is 6.08. The van der Waals surface area contributed by atoms with Gasteiger partial charge in [-0.2, -0.15) is 0 Å².